The van der Waals surface area contributed by atoms with Gasteiger partial charge in [0.15, 0.2) is 6.10 Å². The van der Waals surface area contributed by atoms with E-state index < -0.39 is 6.10 Å². The van der Waals surface area contributed by atoms with E-state index in [1.165, 1.54) is 154 Å². The predicted octanol–water partition coefficient (Wildman–Crippen LogP) is 17.3. The molecule has 0 radical (unpaired) electrons. The maximum Gasteiger partial charge on any atom is 0.306 e. The molecule has 6 nitrogen and oxygen atoms in total. The van der Waals surface area contributed by atoms with E-state index >= 15 is 0 Å². The van der Waals surface area contributed by atoms with Gasteiger partial charge < -0.3 is 14.2 Å². The average molecular weight is 857 g/mol. The van der Waals surface area contributed by atoms with Crippen LogP contribution in [0.4, 0.5) is 0 Å². The van der Waals surface area contributed by atoms with Crippen LogP contribution in [0.15, 0.2) is 36.5 Å². The van der Waals surface area contributed by atoms with Crippen LogP contribution in [0.25, 0.3) is 0 Å². The molecule has 0 saturated heterocycles. The first kappa shape index (κ1) is 58.6. The van der Waals surface area contributed by atoms with E-state index in [-0.39, 0.29) is 31.1 Å². The smallest absolute Gasteiger partial charge is 0.306 e. The standard InChI is InChI=1S/C55H100O6/c1-4-7-10-13-16-19-22-25-28-31-33-36-39-42-45-48-54(57)60-51-52(61-55(58)49-46-43-40-37-34-30-27-24-21-18-15-12-9-6-3)50-59-53(56)47-44-41-38-35-32-29-26-23-20-17-14-11-8-5-2/h16,19,24-25,27-28,52H,4-15,17-18,20-23,26,29-51H2,1-3H3/b19-16-,27-24-,28-25-/t52-/m1/s1. The molecule has 0 aromatic rings. The first-order valence-corrected chi connectivity index (χ1v) is 26.5. The van der Waals surface area contributed by atoms with Gasteiger partial charge in [0.25, 0.3) is 0 Å². The van der Waals surface area contributed by atoms with Gasteiger partial charge in [-0.2, -0.15) is 0 Å². The van der Waals surface area contributed by atoms with E-state index in [0.29, 0.717) is 19.3 Å². The summed E-state index contributed by atoms with van der Waals surface area (Å²) in [6, 6.07) is 0. The maximum atomic E-state index is 12.8. The highest BCUT2D eigenvalue weighted by Gasteiger charge is 2.19. The summed E-state index contributed by atoms with van der Waals surface area (Å²) in [7, 11) is 0. The Bertz CT molecular complexity index is 1030. The molecule has 1 atom stereocenters. The van der Waals surface area contributed by atoms with E-state index in [0.717, 1.165) is 83.5 Å². The molecule has 0 aliphatic rings. The highest BCUT2D eigenvalue weighted by molar-refractivity contribution is 5.71. The van der Waals surface area contributed by atoms with Gasteiger partial charge in [-0.1, -0.05) is 218 Å². The third-order valence-electron chi connectivity index (χ3n) is 11.6. The summed E-state index contributed by atoms with van der Waals surface area (Å²) >= 11 is 0. The zero-order valence-corrected chi connectivity index (χ0v) is 40.7. The lowest BCUT2D eigenvalue weighted by Crippen LogP contribution is -2.30. The Kier molecular flexibility index (Phi) is 48.3. The Balaban J connectivity index is 4.39. The van der Waals surface area contributed by atoms with Crippen LogP contribution in [0, 0.1) is 0 Å². The number of hydrogen-bond acceptors (Lipinski definition) is 6. The molecule has 0 spiro atoms. The van der Waals surface area contributed by atoms with Crippen molar-refractivity contribution in [2.45, 2.75) is 284 Å². The molecule has 0 aromatic heterocycles. The maximum absolute atomic E-state index is 12.8. The topological polar surface area (TPSA) is 78.9 Å². The van der Waals surface area contributed by atoms with Gasteiger partial charge in [0, 0.05) is 19.3 Å². The van der Waals surface area contributed by atoms with Gasteiger partial charge in [-0.05, 0) is 77.0 Å². The zero-order valence-electron chi connectivity index (χ0n) is 40.7. The summed E-state index contributed by atoms with van der Waals surface area (Å²) in [5.74, 6) is -0.889. The Morgan fingerprint density at radius 1 is 0.328 bits per heavy atom. The number of esters is 3. The molecular weight excluding hydrogens is 757 g/mol. The molecule has 0 aromatic carbocycles. The molecule has 0 aliphatic heterocycles. The number of rotatable bonds is 48. The predicted molar refractivity (Wildman–Crippen MR) is 261 cm³/mol. The van der Waals surface area contributed by atoms with Crippen molar-refractivity contribution < 1.29 is 28.6 Å². The van der Waals surface area contributed by atoms with Gasteiger partial charge in [-0.25, -0.2) is 0 Å². The monoisotopic (exact) mass is 857 g/mol. The Morgan fingerprint density at radius 3 is 0.951 bits per heavy atom. The van der Waals surface area contributed by atoms with E-state index in [1.54, 1.807) is 0 Å². The van der Waals surface area contributed by atoms with Crippen LogP contribution in [0.3, 0.4) is 0 Å². The van der Waals surface area contributed by atoms with Crippen molar-refractivity contribution >= 4 is 17.9 Å². The molecule has 0 amide bonds. The summed E-state index contributed by atoms with van der Waals surface area (Å²) in [5.41, 5.74) is 0. The second-order valence-corrected chi connectivity index (χ2v) is 17.8. The molecule has 0 N–H and O–H groups in total. The Morgan fingerprint density at radius 2 is 0.590 bits per heavy atom. The largest absolute Gasteiger partial charge is 0.462 e. The first-order valence-electron chi connectivity index (χ1n) is 26.5. The zero-order chi connectivity index (χ0) is 44.4. The fourth-order valence-electron chi connectivity index (χ4n) is 7.59. The molecule has 0 saturated carbocycles. The molecule has 0 bridgehead atoms. The summed E-state index contributed by atoms with van der Waals surface area (Å²) in [5, 5.41) is 0. The summed E-state index contributed by atoms with van der Waals surface area (Å²) in [6.45, 7) is 6.61. The third kappa shape index (κ3) is 48.5. The van der Waals surface area contributed by atoms with Gasteiger partial charge in [-0.3, -0.25) is 14.4 Å². The van der Waals surface area contributed by atoms with Gasteiger partial charge in [-0.15, -0.1) is 0 Å². The SMILES string of the molecule is CCCCC/C=C\C/C=C\CCCCCCCC(=O)OC[C@@H](COC(=O)CCCCCCCCCCCCCCCC)OC(=O)CCCCCCC/C=C\CCCCCCC. The Labute approximate surface area is 378 Å². The minimum Gasteiger partial charge on any atom is -0.462 e. The van der Waals surface area contributed by atoms with Crippen molar-refractivity contribution in [3.63, 3.8) is 0 Å². The van der Waals surface area contributed by atoms with E-state index in [2.05, 4.69) is 57.2 Å². The highest BCUT2D eigenvalue weighted by Crippen LogP contribution is 2.15. The lowest BCUT2D eigenvalue weighted by Gasteiger charge is -2.18. The molecule has 6 heteroatoms. The lowest BCUT2D eigenvalue weighted by molar-refractivity contribution is -0.167. The fraction of sp³-hybridized carbons (Fsp3) is 0.836. The highest BCUT2D eigenvalue weighted by atomic mass is 16.6. The van der Waals surface area contributed by atoms with Crippen LogP contribution in [0.1, 0.15) is 278 Å². The number of unbranched alkanes of at least 4 members (excludes halogenated alkanes) is 31. The molecule has 0 unspecified atom stereocenters. The molecule has 61 heavy (non-hydrogen) atoms. The van der Waals surface area contributed by atoms with Gasteiger partial charge in [0.2, 0.25) is 0 Å². The number of hydrogen-bond donors (Lipinski definition) is 0. The molecule has 0 rings (SSSR count). The van der Waals surface area contributed by atoms with Crippen LogP contribution >= 0.6 is 0 Å². The number of allylic oxidation sites excluding steroid dienone is 6. The summed E-state index contributed by atoms with van der Waals surface area (Å²) in [6.07, 6.45) is 58.3. The van der Waals surface area contributed by atoms with E-state index in [9.17, 15) is 14.4 Å². The van der Waals surface area contributed by atoms with Gasteiger partial charge in [0.1, 0.15) is 13.2 Å². The normalized spacial score (nSPS) is 12.2. The van der Waals surface area contributed by atoms with Crippen molar-refractivity contribution in [2.24, 2.45) is 0 Å². The van der Waals surface area contributed by atoms with Crippen molar-refractivity contribution in [2.75, 3.05) is 13.2 Å². The first-order chi connectivity index (χ1) is 30.0. The minimum atomic E-state index is -0.778. The summed E-state index contributed by atoms with van der Waals surface area (Å²) < 4.78 is 16.8. The van der Waals surface area contributed by atoms with Crippen molar-refractivity contribution in [1.82, 2.24) is 0 Å². The molecular formula is C55H100O6. The Hall–Kier alpha value is -2.37. The van der Waals surface area contributed by atoms with Crippen LogP contribution in [-0.4, -0.2) is 37.2 Å². The third-order valence-corrected chi connectivity index (χ3v) is 11.6. The van der Waals surface area contributed by atoms with Crippen LogP contribution < -0.4 is 0 Å². The second-order valence-electron chi connectivity index (χ2n) is 17.8. The van der Waals surface area contributed by atoms with Gasteiger partial charge in [0.05, 0.1) is 0 Å². The second kappa shape index (κ2) is 50.3. The molecule has 0 aliphatic carbocycles. The number of carbonyl (C=O) groups is 3. The van der Waals surface area contributed by atoms with Crippen LogP contribution in [-0.2, 0) is 28.6 Å². The van der Waals surface area contributed by atoms with Gasteiger partial charge >= 0.3 is 17.9 Å². The quantitative estimate of drug-likeness (QED) is 0.0262. The van der Waals surface area contributed by atoms with E-state index in [1.807, 2.05) is 0 Å². The van der Waals surface area contributed by atoms with Crippen molar-refractivity contribution in [3.05, 3.63) is 36.5 Å². The fourth-order valence-corrected chi connectivity index (χ4v) is 7.59. The lowest BCUT2D eigenvalue weighted by atomic mass is 10.0. The number of carbonyl (C=O) groups excluding carboxylic acids is 3. The van der Waals surface area contributed by atoms with E-state index in [4.69, 9.17) is 14.2 Å². The van der Waals surface area contributed by atoms with Crippen LogP contribution in [0.5, 0.6) is 0 Å². The molecule has 356 valence electrons. The average Bonchev–Trinajstić information content (AvgIpc) is 3.26. The molecule has 0 fully saturated rings. The summed E-state index contributed by atoms with van der Waals surface area (Å²) in [4.78, 5) is 38.0. The molecule has 0 heterocycles. The van der Waals surface area contributed by atoms with Crippen molar-refractivity contribution in [1.29, 1.82) is 0 Å². The van der Waals surface area contributed by atoms with Crippen LogP contribution in [0.2, 0.25) is 0 Å². The minimum absolute atomic E-state index is 0.0770. The van der Waals surface area contributed by atoms with Crippen molar-refractivity contribution in [3.8, 4) is 0 Å². The number of ether oxygens (including phenoxy) is 3.